The molecule has 1 N–H and O–H groups in total. The van der Waals surface area contributed by atoms with E-state index in [2.05, 4.69) is 4.98 Å². The Morgan fingerprint density at radius 2 is 2.12 bits per heavy atom. The van der Waals surface area contributed by atoms with Crippen LogP contribution in [0.2, 0.25) is 0 Å². The van der Waals surface area contributed by atoms with Gasteiger partial charge < -0.3 is 9.72 Å². The van der Waals surface area contributed by atoms with Crippen LogP contribution in [0.3, 0.4) is 0 Å². The minimum atomic E-state index is -0.118. The summed E-state index contributed by atoms with van der Waals surface area (Å²) in [5.41, 5.74) is 0.666. The Morgan fingerprint density at radius 3 is 2.94 bits per heavy atom. The van der Waals surface area contributed by atoms with Crippen molar-refractivity contribution in [2.24, 2.45) is 0 Å². The van der Waals surface area contributed by atoms with Crippen LogP contribution in [0.15, 0.2) is 35.1 Å². The Labute approximate surface area is 98.2 Å². The van der Waals surface area contributed by atoms with E-state index in [1.807, 2.05) is 12.4 Å². The zero-order valence-corrected chi connectivity index (χ0v) is 9.23. The molecule has 1 aromatic heterocycles. The van der Waals surface area contributed by atoms with Gasteiger partial charge in [-0.2, -0.15) is 0 Å². The summed E-state index contributed by atoms with van der Waals surface area (Å²) in [5.74, 6) is 0.732. The van der Waals surface area contributed by atoms with Crippen LogP contribution in [-0.2, 0) is 4.79 Å². The zero-order valence-electron chi connectivity index (χ0n) is 9.23. The number of ether oxygens (including phenoxy) is 1. The third-order valence-corrected chi connectivity index (χ3v) is 2.39. The molecule has 0 bridgehead atoms. The zero-order chi connectivity index (χ0) is 12.1. The summed E-state index contributed by atoms with van der Waals surface area (Å²) in [6, 6.07) is 8.68. The Bertz CT molecular complexity index is 574. The third kappa shape index (κ3) is 2.93. The van der Waals surface area contributed by atoms with Crippen molar-refractivity contribution in [1.29, 1.82) is 0 Å². The van der Waals surface area contributed by atoms with Gasteiger partial charge in [0, 0.05) is 23.4 Å². The van der Waals surface area contributed by atoms with Gasteiger partial charge in [0.25, 0.3) is 0 Å². The molecule has 1 heterocycles. The first kappa shape index (κ1) is 11.4. The highest BCUT2D eigenvalue weighted by Gasteiger charge is 1.98. The fourth-order valence-electron chi connectivity index (χ4n) is 1.56. The highest BCUT2D eigenvalue weighted by molar-refractivity contribution is 5.79. The second kappa shape index (κ2) is 5.30. The molecule has 0 amide bonds. The predicted octanol–water partition coefficient (Wildman–Crippen LogP) is 1.80. The van der Waals surface area contributed by atoms with E-state index < -0.39 is 0 Å². The third-order valence-electron chi connectivity index (χ3n) is 2.39. The molecule has 0 aliphatic carbocycles. The second-order valence-corrected chi connectivity index (χ2v) is 3.67. The average Bonchev–Trinajstić information content (AvgIpc) is 2.35. The lowest BCUT2D eigenvalue weighted by atomic mass is 10.2. The fourth-order valence-corrected chi connectivity index (χ4v) is 1.56. The van der Waals surface area contributed by atoms with Crippen molar-refractivity contribution in [3.63, 3.8) is 0 Å². The number of unbranched alkanes of at least 4 members (excludes halogenated alkanes) is 1. The highest BCUT2D eigenvalue weighted by atomic mass is 16.5. The molecule has 0 aliphatic rings. The number of carbonyl (C=O) groups excluding carboxylic acids is 1. The summed E-state index contributed by atoms with van der Waals surface area (Å²) in [7, 11) is 0. The van der Waals surface area contributed by atoms with Gasteiger partial charge in [0.05, 0.1) is 6.61 Å². The largest absolute Gasteiger partial charge is 0.494 e. The SMILES string of the molecule is O=[C]CCCOc1ccc2[nH]c(=O)ccc2c1. The number of aromatic nitrogens is 1. The summed E-state index contributed by atoms with van der Waals surface area (Å²) in [5, 5.41) is 0.920. The number of nitrogens with one attached hydrogen (secondary N) is 1. The summed E-state index contributed by atoms with van der Waals surface area (Å²) >= 11 is 0. The van der Waals surface area contributed by atoms with Gasteiger partial charge in [0.2, 0.25) is 5.56 Å². The van der Waals surface area contributed by atoms with E-state index in [9.17, 15) is 9.59 Å². The summed E-state index contributed by atoms with van der Waals surface area (Å²) in [4.78, 5) is 23.8. The molecule has 1 radical (unpaired) electrons. The quantitative estimate of drug-likeness (QED) is 0.797. The molecule has 4 nitrogen and oxygen atoms in total. The van der Waals surface area contributed by atoms with Crippen molar-refractivity contribution >= 4 is 17.2 Å². The molecule has 2 rings (SSSR count). The molecular weight excluding hydrogens is 218 g/mol. The number of rotatable bonds is 5. The van der Waals surface area contributed by atoms with E-state index in [0.29, 0.717) is 19.4 Å². The van der Waals surface area contributed by atoms with Crippen LogP contribution in [0.25, 0.3) is 10.9 Å². The number of benzene rings is 1. The number of fused-ring (bicyclic) bond motifs is 1. The summed E-state index contributed by atoms with van der Waals surface area (Å²) < 4.78 is 5.48. The smallest absolute Gasteiger partial charge is 0.248 e. The maximum Gasteiger partial charge on any atom is 0.248 e. The van der Waals surface area contributed by atoms with Gasteiger partial charge in [-0.1, -0.05) is 0 Å². The summed E-state index contributed by atoms with van der Waals surface area (Å²) in [6.45, 7) is 0.490. The van der Waals surface area contributed by atoms with Gasteiger partial charge in [-0.25, -0.2) is 0 Å². The average molecular weight is 230 g/mol. The van der Waals surface area contributed by atoms with Crippen LogP contribution >= 0.6 is 0 Å². The maximum atomic E-state index is 11.1. The van der Waals surface area contributed by atoms with Crippen molar-refractivity contribution in [1.82, 2.24) is 4.98 Å². The van der Waals surface area contributed by atoms with Crippen LogP contribution in [0, 0.1) is 0 Å². The van der Waals surface area contributed by atoms with Crippen LogP contribution in [0.5, 0.6) is 5.75 Å². The first-order chi connectivity index (χ1) is 8.29. The highest BCUT2D eigenvalue weighted by Crippen LogP contribution is 2.18. The first-order valence-corrected chi connectivity index (χ1v) is 5.40. The monoisotopic (exact) mass is 230 g/mol. The van der Waals surface area contributed by atoms with Crippen LogP contribution in [0.4, 0.5) is 0 Å². The Hall–Kier alpha value is -2.10. The molecule has 17 heavy (non-hydrogen) atoms. The molecule has 87 valence electrons. The van der Waals surface area contributed by atoms with E-state index >= 15 is 0 Å². The molecule has 0 spiro atoms. The first-order valence-electron chi connectivity index (χ1n) is 5.40. The predicted molar refractivity (Wildman–Crippen MR) is 65.0 cm³/mol. The molecule has 0 aliphatic heterocycles. The second-order valence-electron chi connectivity index (χ2n) is 3.67. The Kier molecular flexibility index (Phi) is 3.55. The molecule has 0 saturated heterocycles. The van der Waals surface area contributed by atoms with Gasteiger partial charge in [-0.15, -0.1) is 0 Å². The van der Waals surface area contributed by atoms with Crippen LogP contribution < -0.4 is 10.3 Å². The van der Waals surface area contributed by atoms with Crippen molar-refractivity contribution in [2.75, 3.05) is 6.61 Å². The molecule has 0 saturated carbocycles. The normalized spacial score (nSPS) is 10.4. The van der Waals surface area contributed by atoms with Crippen molar-refractivity contribution in [3.05, 3.63) is 40.7 Å². The van der Waals surface area contributed by atoms with Crippen molar-refractivity contribution in [3.8, 4) is 5.75 Å². The van der Waals surface area contributed by atoms with Gasteiger partial charge in [-0.05, 0) is 30.7 Å². The fraction of sp³-hybridized carbons (Fsp3) is 0.231. The number of H-pyrrole nitrogens is 1. The molecular formula is C13H12NO3. The molecule has 0 fully saturated rings. The van der Waals surface area contributed by atoms with Crippen LogP contribution in [0.1, 0.15) is 12.8 Å². The van der Waals surface area contributed by atoms with E-state index in [4.69, 9.17) is 4.74 Å². The molecule has 1 aromatic carbocycles. The van der Waals surface area contributed by atoms with E-state index in [1.165, 1.54) is 6.07 Å². The number of hydrogen-bond acceptors (Lipinski definition) is 3. The number of hydrogen-bond donors (Lipinski definition) is 1. The molecule has 4 heteroatoms. The van der Waals surface area contributed by atoms with E-state index in [0.717, 1.165) is 16.7 Å². The van der Waals surface area contributed by atoms with Crippen molar-refractivity contribution in [2.45, 2.75) is 12.8 Å². The minimum absolute atomic E-state index is 0.118. The number of aromatic amines is 1. The van der Waals surface area contributed by atoms with Crippen LogP contribution in [-0.4, -0.2) is 17.9 Å². The summed E-state index contributed by atoms with van der Waals surface area (Å²) in [6.07, 6.45) is 2.87. The lowest BCUT2D eigenvalue weighted by Gasteiger charge is -2.05. The molecule has 0 unspecified atom stereocenters. The van der Waals surface area contributed by atoms with Gasteiger partial charge in [-0.3, -0.25) is 9.59 Å². The standard InChI is InChI=1S/C13H12NO3/c15-7-1-2-8-17-11-4-5-12-10(9-11)3-6-13(16)14-12/h3-6,9H,1-2,8H2,(H,14,16). The minimum Gasteiger partial charge on any atom is -0.494 e. The molecule has 0 atom stereocenters. The van der Waals surface area contributed by atoms with Gasteiger partial charge in [0.15, 0.2) is 6.29 Å². The maximum absolute atomic E-state index is 11.1. The van der Waals surface area contributed by atoms with E-state index in [1.54, 1.807) is 18.2 Å². The van der Waals surface area contributed by atoms with E-state index in [-0.39, 0.29) is 5.56 Å². The molecule has 2 aromatic rings. The van der Waals surface area contributed by atoms with Gasteiger partial charge >= 0.3 is 0 Å². The lowest BCUT2D eigenvalue weighted by molar-refractivity contribution is 0.313. The van der Waals surface area contributed by atoms with Gasteiger partial charge in [0.1, 0.15) is 5.75 Å². The van der Waals surface area contributed by atoms with Crippen molar-refractivity contribution < 1.29 is 9.53 Å². The lowest BCUT2D eigenvalue weighted by Crippen LogP contribution is -2.02. The Morgan fingerprint density at radius 1 is 1.24 bits per heavy atom. The Balaban J connectivity index is 2.12. The number of pyridine rings is 1. The topological polar surface area (TPSA) is 59.2 Å².